The molecule has 0 aromatic carbocycles. The van der Waals surface area contributed by atoms with Gasteiger partial charge in [-0.2, -0.15) is 0 Å². The van der Waals surface area contributed by atoms with Gasteiger partial charge < -0.3 is 14.2 Å². The molecule has 34 heavy (non-hydrogen) atoms. The maximum absolute atomic E-state index is 12.9. The van der Waals surface area contributed by atoms with Gasteiger partial charge in [-0.3, -0.25) is 14.1 Å². The van der Waals surface area contributed by atoms with Crippen molar-refractivity contribution in [3.05, 3.63) is 11.9 Å². The highest BCUT2D eigenvalue weighted by Gasteiger charge is 2.29. The first-order chi connectivity index (χ1) is 16.2. The zero-order valence-electron chi connectivity index (χ0n) is 20.9. The van der Waals surface area contributed by atoms with E-state index in [1.54, 1.807) is 0 Å². The molecular formula is C24H39N4O4PS. The van der Waals surface area contributed by atoms with E-state index in [0.717, 1.165) is 67.1 Å². The summed E-state index contributed by atoms with van der Waals surface area (Å²) in [7, 11) is 0.433. The van der Waals surface area contributed by atoms with Crippen molar-refractivity contribution in [2.45, 2.75) is 97.2 Å². The molecule has 5 unspecified atom stereocenters. The molecule has 1 aliphatic carbocycles. The van der Waals surface area contributed by atoms with Crippen LogP contribution in [0.1, 0.15) is 71.3 Å². The average Bonchev–Trinajstić information content (AvgIpc) is 3.65. The molecular weight excluding hydrogens is 471 g/mol. The van der Waals surface area contributed by atoms with Gasteiger partial charge in [0.25, 0.3) is 0 Å². The fourth-order valence-electron chi connectivity index (χ4n) is 4.54. The topological polar surface area (TPSA) is 86.1 Å². The third-order valence-electron chi connectivity index (χ3n) is 6.63. The van der Waals surface area contributed by atoms with Crippen LogP contribution in [0.15, 0.2) is 11.3 Å². The first-order valence-corrected chi connectivity index (χ1v) is 15.5. The number of hydrogen-bond acceptors (Lipinski definition) is 8. The summed E-state index contributed by atoms with van der Waals surface area (Å²) in [4.78, 5) is 16.9. The molecule has 1 saturated heterocycles. The first kappa shape index (κ1) is 25.8. The standard InChI is InChI=1S/C24H39N4O4PS/c1-16(2)30-18(4)28-12-5-6-19(11-13-28)31-23-17(3)24(27-15-26-23)32-20-7-10-22(25-14-20)34(29,33)21-8-9-21/h15-16,18-20H,5-14,33H2,1-4H3. The van der Waals surface area contributed by atoms with Crippen LogP contribution in [-0.2, 0) is 13.9 Å². The lowest BCUT2D eigenvalue weighted by Gasteiger charge is -2.29. The predicted octanol–water partition coefficient (Wildman–Crippen LogP) is 3.77. The van der Waals surface area contributed by atoms with Crippen molar-refractivity contribution < 1.29 is 18.4 Å². The van der Waals surface area contributed by atoms with Crippen molar-refractivity contribution in [3.8, 4) is 11.8 Å². The van der Waals surface area contributed by atoms with E-state index >= 15 is 0 Å². The smallest absolute Gasteiger partial charge is 0.223 e. The number of ether oxygens (including phenoxy) is 3. The first-order valence-electron chi connectivity index (χ1n) is 12.5. The third kappa shape index (κ3) is 6.48. The largest absolute Gasteiger partial charge is 0.474 e. The fourth-order valence-corrected chi connectivity index (χ4v) is 7.56. The molecule has 10 heteroatoms. The zero-order chi connectivity index (χ0) is 24.3. The summed E-state index contributed by atoms with van der Waals surface area (Å²) in [5.41, 5.74) is 0.818. The molecule has 3 heterocycles. The van der Waals surface area contributed by atoms with Crippen LogP contribution in [0.25, 0.3) is 0 Å². The summed E-state index contributed by atoms with van der Waals surface area (Å²) in [5, 5.41) is 0.823. The fraction of sp³-hybridized carbons (Fsp3) is 0.750. The van der Waals surface area contributed by atoms with Crippen LogP contribution in [0, 0.1) is 6.92 Å². The molecule has 1 aromatic rings. The Morgan fingerprint density at radius 2 is 1.74 bits per heavy atom. The Hall–Kier alpha value is -1.28. The van der Waals surface area contributed by atoms with Gasteiger partial charge in [-0.25, -0.2) is 9.97 Å². The van der Waals surface area contributed by atoms with Crippen molar-refractivity contribution in [1.29, 1.82) is 0 Å². The molecule has 0 N–H and O–H groups in total. The van der Waals surface area contributed by atoms with Crippen LogP contribution in [0.5, 0.6) is 11.8 Å². The lowest BCUT2D eigenvalue weighted by molar-refractivity contribution is -0.0759. The van der Waals surface area contributed by atoms with Crippen LogP contribution < -0.4 is 9.47 Å². The lowest BCUT2D eigenvalue weighted by atomic mass is 10.1. The van der Waals surface area contributed by atoms with Gasteiger partial charge in [0.1, 0.15) is 24.8 Å². The number of nitrogens with zero attached hydrogens (tertiary/aromatic N) is 4. The van der Waals surface area contributed by atoms with Gasteiger partial charge in [-0.1, -0.05) is 0 Å². The minimum absolute atomic E-state index is 0.0801. The quantitative estimate of drug-likeness (QED) is 0.408. The Labute approximate surface area is 206 Å². The van der Waals surface area contributed by atoms with E-state index in [4.69, 9.17) is 14.2 Å². The Morgan fingerprint density at radius 1 is 1.03 bits per heavy atom. The highest BCUT2D eigenvalue weighted by molar-refractivity contribution is 8.52. The molecule has 0 bridgehead atoms. The normalized spacial score (nSPS) is 26.4. The molecule has 0 spiro atoms. The summed E-state index contributed by atoms with van der Waals surface area (Å²) in [6.45, 7) is 10.7. The van der Waals surface area contributed by atoms with Gasteiger partial charge in [0.05, 0.1) is 23.3 Å². The van der Waals surface area contributed by atoms with E-state index in [9.17, 15) is 4.21 Å². The van der Waals surface area contributed by atoms with Crippen molar-refractivity contribution in [1.82, 2.24) is 14.9 Å². The van der Waals surface area contributed by atoms with Gasteiger partial charge in [-0.15, -0.1) is 0 Å². The Balaban J connectivity index is 1.34. The Morgan fingerprint density at radius 3 is 2.35 bits per heavy atom. The predicted molar refractivity (Wildman–Crippen MR) is 140 cm³/mol. The van der Waals surface area contributed by atoms with Gasteiger partial charge in [0.15, 0.2) is 0 Å². The summed E-state index contributed by atoms with van der Waals surface area (Å²) in [6, 6.07) is 0. The SMILES string of the molecule is Cc1c(OC2CCCN(C(C)OC(C)C)CC2)ncnc1OC1CCC(S(=O)(P)=C2CC2)=NC1. The van der Waals surface area contributed by atoms with Crippen LogP contribution in [0.4, 0.5) is 0 Å². The van der Waals surface area contributed by atoms with E-state index in [0.29, 0.717) is 24.7 Å². The van der Waals surface area contributed by atoms with E-state index in [-0.39, 0.29) is 24.5 Å². The molecule has 190 valence electrons. The minimum Gasteiger partial charge on any atom is -0.474 e. The molecule has 4 rings (SSSR count). The van der Waals surface area contributed by atoms with Gasteiger partial charge in [-0.05, 0) is 79.5 Å². The second-order valence-corrected chi connectivity index (χ2v) is 14.0. The molecule has 0 radical (unpaired) electrons. The zero-order valence-corrected chi connectivity index (χ0v) is 22.8. The summed E-state index contributed by atoms with van der Waals surface area (Å²) >= 11 is 0. The summed E-state index contributed by atoms with van der Waals surface area (Å²) < 4.78 is 31.4. The van der Waals surface area contributed by atoms with Crippen LogP contribution in [0.2, 0.25) is 0 Å². The van der Waals surface area contributed by atoms with E-state index in [1.807, 2.05) is 6.92 Å². The van der Waals surface area contributed by atoms with Crippen LogP contribution in [-0.4, -0.2) is 73.2 Å². The number of hydrogen-bond donors (Lipinski definition) is 0. The Bertz CT molecular complexity index is 1020. The van der Waals surface area contributed by atoms with Gasteiger partial charge in [0.2, 0.25) is 11.8 Å². The molecule has 3 aliphatic rings. The lowest BCUT2D eigenvalue weighted by Crippen LogP contribution is -2.37. The summed E-state index contributed by atoms with van der Waals surface area (Å²) in [5.74, 6) is 1.14. The van der Waals surface area contributed by atoms with Crippen molar-refractivity contribution >= 4 is 27.5 Å². The van der Waals surface area contributed by atoms with E-state index in [1.165, 1.54) is 6.33 Å². The monoisotopic (exact) mass is 510 g/mol. The highest BCUT2D eigenvalue weighted by Crippen LogP contribution is 2.30. The number of rotatable bonds is 7. The van der Waals surface area contributed by atoms with Gasteiger partial charge in [0, 0.05) is 28.7 Å². The Kier molecular flexibility index (Phi) is 8.49. The van der Waals surface area contributed by atoms with Crippen molar-refractivity contribution in [2.24, 2.45) is 4.99 Å². The van der Waals surface area contributed by atoms with E-state index < -0.39 is 9.14 Å². The molecule has 1 aromatic heterocycles. The number of likely N-dealkylation sites (tertiary alicyclic amines) is 1. The summed E-state index contributed by atoms with van der Waals surface area (Å²) in [6.07, 6.45) is 8.25. The maximum Gasteiger partial charge on any atom is 0.223 e. The van der Waals surface area contributed by atoms with Crippen LogP contribution >= 0.6 is 8.44 Å². The molecule has 2 fully saturated rings. The second kappa shape index (κ2) is 11.2. The third-order valence-corrected chi connectivity index (χ3v) is 10.7. The molecule has 1 saturated carbocycles. The van der Waals surface area contributed by atoms with Crippen molar-refractivity contribution in [3.63, 3.8) is 0 Å². The van der Waals surface area contributed by atoms with Crippen LogP contribution in [0.3, 0.4) is 0 Å². The number of aliphatic imine (C=N–C) groups is 1. The molecule has 8 nitrogen and oxygen atoms in total. The number of aromatic nitrogens is 2. The maximum atomic E-state index is 12.9. The van der Waals surface area contributed by atoms with Crippen molar-refractivity contribution in [2.75, 3.05) is 19.6 Å². The molecule has 0 amide bonds. The van der Waals surface area contributed by atoms with Gasteiger partial charge >= 0.3 is 0 Å². The minimum atomic E-state index is -2.11. The highest BCUT2D eigenvalue weighted by atomic mass is 32.7. The van der Waals surface area contributed by atoms with E-state index in [2.05, 4.69) is 49.1 Å². The average molecular weight is 511 g/mol. The molecule has 5 atom stereocenters. The molecule has 2 aliphatic heterocycles. The second-order valence-electron chi connectivity index (χ2n) is 9.75.